The molecule has 0 fully saturated rings. The molecule has 0 saturated carbocycles. The first-order valence-corrected chi connectivity index (χ1v) is 5.75. The van der Waals surface area contributed by atoms with Gasteiger partial charge in [-0.1, -0.05) is 6.92 Å². The van der Waals surface area contributed by atoms with Gasteiger partial charge in [0.1, 0.15) is 0 Å². The van der Waals surface area contributed by atoms with Crippen molar-refractivity contribution in [3.8, 4) is 0 Å². The zero-order valence-corrected chi connectivity index (χ0v) is 9.19. The summed E-state index contributed by atoms with van der Waals surface area (Å²) in [7, 11) is 1.66. The molecule has 4 heteroatoms. The summed E-state index contributed by atoms with van der Waals surface area (Å²) in [6.07, 6.45) is 1.53. The van der Waals surface area contributed by atoms with Gasteiger partial charge in [-0.2, -0.15) is 11.8 Å². The molecule has 0 heterocycles. The first kappa shape index (κ1) is 12.8. The number of rotatable bonds is 7. The van der Waals surface area contributed by atoms with Crippen LogP contribution in [0.5, 0.6) is 0 Å². The zero-order valence-electron chi connectivity index (χ0n) is 8.38. The maximum atomic E-state index is 10.8. The molecule has 0 aromatic heterocycles. The van der Waals surface area contributed by atoms with Crippen LogP contribution in [-0.4, -0.2) is 36.2 Å². The SMILES string of the molecule is CNC(=O)CCCSCC(C)CO. The van der Waals surface area contributed by atoms with Gasteiger partial charge in [-0.3, -0.25) is 4.79 Å². The second-order valence-corrected chi connectivity index (χ2v) is 4.29. The van der Waals surface area contributed by atoms with E-state index in [-0.39, 0.29) is 12.5 Å². The van der Waals surface area contributed by atoms with Crippen LogP contribution < -0.4 is 5.32 Å². The first-order valence-electron chi connectivity index (χ1n) is 4.60. The Hall–Kier alpha value is -0.220. The summed E-state index contributed by atoms with van der Waals surface area (Å²) in [6, 6.07) is 0. The highest BCUT2D eigenvalue weighted by Gasteiger charge is 2.00. The number of aliphatic hydroxyl groups is 1. The molecule has 1 unspecified atom stereocenters. The molecule has 0 radical (unpaired) electrons. The minimum Gasteiger partial charge on any atom is -0.396 e. The third-order valence-electron chi connectivity index (χ3n) is 1.69. The summed E-state index contributed by atoms with van der Waals surface area (Å²) >= 11 is 1.80. The van der Waals surface area contributed by atoms with E-state index in [0.717, 1.165) is 17.9 Å². The minimum atomic E-state index is 0.107. The average Bonchev–Trinajstić information content (AvgIpc) is 2.16. The summed E-state index contributed by atoms with van der Waals surface area (Å²) in [6.45, 7) is 2.27. The molecule has 0 rings (SSSR count). The Morgan fingerprint density at radius 1 is 1.62 bits per heavy atom. The number of nitrogens with one attached hydrogen (secondary N) is 1. The van der Waals surface area contributed by atoms with Crippen molar-refractivity contribution < 1.29 is 9.90 Å². The Morgan fingerprint density at radius 2 is 2.31 bits per heavy atom. The molecule has 0 aromatic carbocycles. The van der Waals surface area contributed by atoms with Crippen molar-refractivity contribution >= 4 is 17.7 Å². The Bertz CT molecular complexity index is 142. The predicted molar refractivity (Wildman–Crippen MR) is 56.9 cm³/mol. The van der Waals surface area contributed by atoms with Gasteiger partial charge in [0, 0.05) is 20.1 Å². The van der Waals surface area contributed by atoms with Crippen molar-refractivity contribution in [1.29, 1.82) is 0 Å². The fourth-order valence-electron chi connectivity index (χ4n) is 0.797. The number of hydrogen-bond acceptors (Lipinski definition) is 3. The largest absolute Gasteiger partial charge is 0.396 e. The number of hydrogen-bond donors (Lipinski definition) is 2. The van der Waals surface area contributed by atoms with Gasteiger partial charge in [0.2, 0.25) is 5.91 Å². The summed E-state index contributed by atoms with van der Waals surface area (Å²) in [5.74, 6) is 2.45. The minimum absolute atomic E-state index is 0.107. The molecule has 2 N–H and O–H groups in total. The third-order valence-corrected chi connectivity index (χ3v) is 3.07. The van der Waals surface area contributed by atoms with Gasteiger partial charge in [0.15, 0.2) is 0 Å². The lowest BCUT2D eigenvalue weighted by Gasteiger charge is -2.06. The third kappa shape index (κ3) is 8.12. The van der Waals surface area contributed by atoms with E-state index in [1.54, 1.807) is 18.8 Å². The Kier molecular flexibility index (Phi) is 8.24. The smallest absolute Gasteiger partial charge is 0.219 e. The fourth-order valence-corrected chi connectivity index (χ4v) is 1.82. The second-order valence-electron chi connectivity index (χ2n) is 3.14. The van der Waals surface area contributed by atoms with Crippen molar-refractivity contribution in [3.63, 3.8) is 0 Å². The van der Waals surface area contributed by atoms with Crippen LogP contribution >= 0.6 is 11.8 Å². The number of thioether (sulfide) groups is 1. The van der Waals surface area contributed by atoms with Crippen LogP contribution in [0.3, 0.4) is 0 Å². The monoisotopic (exact) mass is 205 g/mol. The number of carbonyl (C=O) groups is 1. The maximum absolute atomic E-state index is 10.8. The lowest BCUT2D eigenvalue weighted by molar-refractivity contribution is -0.120. The summed E-state index contributed by atoms with van der Waals surface area (Å²) in [5, 5.41) is 11.3. The van der Waals surface area contributed by atoms with Gasteiger partial charge < -0.3 is 10.4 Å². The van der Waals surface area contributed by atoms with Crippen LogP contribution in [0.25, 0.3) is 0 Å². The maximum Gasteiger partial charge on any atom is 0.219 e. The molecule has 0 aliphatic rings. The van der Waals surface area contributed by atoms with Crippen LogP contribution in [0.4, 0.5) is 0 Å². The number of aliphatic hydroxyl groups excluding tert-OH is 1. The molecule has 0 aliphatic carbocycles. The van der Waals surface area contributed by atoms with Gasteiger partial charge in [-0.25, -0.2) is 0 Å². The lowest BCUT2D eigenvalue weighted by Crippen LogP contribution is -2.17. The molecule has 0 aliphatic heterocycles. The van der Waals surface area contributed by atoms with Crippen molar-refractivity contribution in [2.24, 2.45) is 5.92 Å². The van der Waals surface area contributed by atoms with E-state index in [1.165, 1.54) is 0 Å². The predicted octanol–water partition coefficient (Wildman–Crippen LogP) is 0.874. The van der Waals surface area contributed by atoms with Crippen LogP contribution in [0.1, 0.15) is 19.8 Å². The summed E-state index contributed by atoms with van der Waals surface area (Å²) < 4.78 is 0. The summed E-state index contributed by atoms with van der Waals surface area (Å²) in [4.78, 5) is 10.8. The molecular formula is C9H19NO2S. The molecule has 1 atom stereocenters. The van der Waals surface area contributed by atoms with Crippen molar-refractivity contribution in [2.75, 3.05) is 25.2 Å². The van der Waals surface area contributed by atoms with Gasteiger partial charge in [-0.15, -0.1) is 0 Å². The van der Waals surface area contributed by atoms with Crippen LogP contribution in [0.2, 0.25) is 0 Å². The molecule has 0 aromatic rings. The van der Waals surface area contributed by atoms with Crippen LogP contribution in [0.15, 0.2) is 0 Å². The van der Waals surface area contributed by atoms with E-state index < -0.39 is 0 Å². The van der Waals surface area contributed by atoms with E-state index in [4.69, 9.17) is 5.11 Å². The highest BCUT2D eigenvalue weighted by molar-refractivity contribution is 7.99. The van der Waals surface area contributed by atoms with Gasteiger partial charge >= 0.3 is 0 Å². The van der Waals surface area contributed by atoms with E-state index in [9.17, 15) is 4.79 Å². The van der Waals surface area contributed by atoms with E-state index in [2.05, 4.69) is 5.32 Å². The molecule has 0 bridgehead atoms. The summed E-state index contributed by atoms with van der Waals surface area (Å²) in [5.41, 5.74) is 0. The van der Waals surface area contributed by atoms with Gasteiger partial charge in [0.05, 0.1) is 0 Å². The number of amides is 1. The van der Waals surface area contributed by atoms with Gasteiger partial charge in [0.25, 0.3) is 0 Å². The Labute approximate surface area is 84.3 Å². The fraction of sp³-hybridized carbons (Fsp3) is 0.889. The molecular weight excluding hydrogens is 186 g/mol. The van der Waals surface area contributed by atoms with E-state index in [1.807, 2.05) is 6.92 Å². The van der Waals surface area contributed by atoms with Crippen molar-refractivity contribution in [2.45, 2.75) is 19.8 Å². The van der Waals surface area contributed by atoms with Gasteiger partial charge in [-0.05, 0) is 23.8 Å². The van der Waals surface area contributed by atoms with E-state index in [0.29, 0.717) is 12.3 Å². The Balaban J connectivity index is 3.12. The van der Waals surface area contributed by atoms with Crippen molar-refractivity contribution in [1.82, 2.24) is 5.32 Å². The molecule has 0 spiro atoms. The van der Waals surface area contributed by atoms with Crippen molar-refractivity contribution in [3.05, 3.63) is 0 Å². The highest BCUT2D eigenvalue weighted by atomic mass is 32.2. The molecule has 78 valence electrons. The van der Waals surface area contributed by atoms with E-state index >= 15 is 0 Å². The average molecular weight is 205 g/mol. The normalized spacial score (nSPS) is 12.5. The molecule has 1 amide bonds. The van der Waals surface area contributed by atoms with Crippen LogP contribution in [0, 0.1) is 5.92 Å². The molecule has 13 heavy (non-hydrogen) atoms. The highest BCUT2D eigenvalue weighted by Crippen LogP contribution is 2.09. The van der Waals surface area contributed by atoms with Crippen LogP contribution in [-0.2, 0) is 4.79 Å². The quantitative estimate of drug-likeness (QED) is 0.606. The second kappa shape index (κ2) is 8.38. The number of carbonyl (C=O) groups excluding carboxylic acids is 1. The zero-order chi connectivity index (χ0) is 10.1. The lowest BCUT2D eigenvalue weighted by atomic mass is 10.2. The molecule has 3 nitrogen and oxygen atoms in total. The molecule has 0 saturated heterocycles. The topological polar surface area (TPSA) is 49.3 Å². The standard InChI is InChI=1S/C9H19NO2S/c1-8(6-11)7-13-5-3-4-9(12)10-2/h8,11H,3-7H2,1-2H3,(H,10,12). The Morgan fingerprint density at radius 3 is 2.85 bits per heavy atom. The first-order chi connectivity index (χ1) is 6.20.